The SMILES string of the molecule is CC(C)CCCCCCCCCCCCCCCOCCOCCCCCCCCCCCCCCCC(C)C. The van der Waals surface area contributed by atoms with Crippen LogP contribution in [0.5, 0.6) is 0 Å². The molecule has 0 N–H and O–H groups in total. The first kappa shape index (κ1) is 39.9. The maximum Gasteiger partial charge on any atom is 0.0700 e. The van der Waals surface area contributed by atoms with Gasteiger partial charge in [-0.2, -0.15) is 0 Å². The second-order valence-electron chi connectivity index (χ2n) is 13.8. The number of rotatable bonds is 35. The van der Waals surface area contributed by atoms with Crippen molar-refractivity contribution in [1.29, 1.82) is 0 Å². The average Bonchev–Trinajstić information content (AvgIpc) is 2.93. The van der Waals surface area contributed by atoms with E-state index in [0.29, 0.717) is 0 Å². The molecule has 0 rings (SSSR count). The van der Waals surface area contributed by atoms with Gasteiger partial charge in [0.1, 0.15) is 0 Å². The molecule has 0 radical (unpaired) electrons. The molecule has 0 aliphatic rings. The van der Waals surface area contributed by atoms with Crippen LogP contribution in [-0.2, 0) is 9.47 Å². The molecule has 2 nitrogen and oxygen atoms in total. The Morgan fingerprint density at radius 1 is 0.250 bits per heavy atom. The van der Waals surface area contributed by atoms with Crippen molar-refractivity contribution in [2.24, 2.45) is 11.8 Å². The summed E-state index contributed by atoms with van der Waals surface area (Å²) < 4.78 is 11.5. The van der Waals surface area contributed by atoms with E-state index in [1.807, 2.05) is 0 Å². The van der Waals surface area contributed by atoms with Gasteiger partial charge in [-0.25, -0.2) is 0 Å². The van der Waals surface area contributed by atoms with E-state index < -0.39 is 0 Å². The van der Waals surface area contributed by atoms with Gasteiger partial charge in [0.2, 0.25) is 0 Å². The molecule has 0 aliphatic carbocycles. The normalized spacial score (nSPS) is 11.8. The molecule has 0 heterocycles. The highest BCUT2D eigenvalue weighted by Crippen LogP contribution is 2.16. The second kappa shape index (κ2) is 35.1. The summed E-state index contributed by atoms with van der Waals surface area (Å²) in [4.78, 5) is 0. The van der Waals surface area contributed by atoms with Crippen molar-refractivity contribution in [3.05, 3.63) is 0 Å². The van der Waals surface area contributed by atoms with E-state index in [1.54, 1.807) is 0 Å². The molecule has 242 valence electrons. The van der Waals surface area contributed by atoms with E-state index in [-0.39, 0.29) is 0 Å². The first-order chi connectivity index (χ1) is 19.6. The lowest BCUT2D eigenvalue weighted by Gasteiger charge is -2.07. The Morgan fingerprint density at radius 3 is 0.675 bits per heavy atom. The molecule has 40 heavy (non-hydrogen) atoms. The molecule has 0 spiro atoms. The van der Waals surface area contributed by atoms with Crippen LogP contribution in [0.25, 0.3) is 0 Å². The van der Waals surface area contributed by atoms with Crippen LogP contribution in [0.1, 0.15) is 207 Å². The van der Waals surface area contributed by atoms with Crippen molar-refractivity contribution in [2.75, 3.05) is 26.4 Å². The molecule has 0 aliphatic heterocycles. The van der Waals surface area contributed by atoms with E-state index in [2.05, 4.69) is 27.7 Å². The Kier molecular flexibility index (Phi) is 35.0. The predicted octanol–water partition coefficient (Wildman–Crippen LogP) is 13.3. The Morgan fingerprint density at radius 2 is 0.450 bits per heavy atom. The maximum atomic E-state index is 5.76. The molecule has 0 amide bonds. The lowest BCUT2D eigenvalue weighted by Crippen LogP contribution is -2.06. The van der Waals surface area contributed by atoms with Gasteiger partial charge in [-0.05, 0) is 24.7 Å². The molecule has 0 unspecified atom stereocenters. The Labute approximate surface area is 254 Å². The summed E-state index contributed by atoms with van der Waals surface area (Å²) in [6, 6.07) is 0. The van der Waals surface area contributed by atoms with Crippen LogP contribution in [0, 0.1) is 11.8 Å². The van der Waals surface area contributed by atoms with Gasteiger partial charge in [-0.1, -0.05) is 195 Å². The highest BCUT2D eigenvalue weighted by Gasteiger charge is 1.98. The van der Waals surface area contributed by atoms with Crippen LogP contribution >= 0.6 is 0 Å². The summed E-state index contributed by atoms with van der Waals surface area (Å²) in [5.41, 5.74) is 0. The van der Waals surface area contributed by atoms with Crippen LogP contribution in [0.15, 0.2) is 0 Å². The summed E-state index contributed by atoms with van der Waals surface area (Å²) >= 11 is 0. The third-order valence-electron chi connectivity index (χ3n) is 8.51. The summed E-state index contributed by atoms with van der Waals surface area (Å²) in [6.45, 7) is 12.7. The summed E-state index contributed by atoms with van der Waals surface area (Å²) in [6.07, 6.45) is 39.6. The molecule has 0 atom stereocenters. The molecule has 0 fully saturated rings. The van der Waals surface area contributed by atoms with Crippen LogP contribution in [-0.4, -0.2) is 26.4 Å². The summed E-state index contributed by atoms with van der Waals surface area (Å²) in [5, 5.41) is 0. The zero-order chi connectivity index (χ0) is 29.2. The topological polar surface area (TPSA) is 18.5 Å². The van der Waals surface area contributed by atoms with Crippen molar-refractivity contribution < 1.29 is 9.47 Å². The molecular weight excluding hydrogens is 488 g/mol. The number of hydrogen-bond acceptors (Lipinski definition) is 2. The van der Waals surface area contributed by atoms with Gasteiger partial charge in [-0.15, -0.1) is 0 Å². The molecule has 0 aromatic rings. The second-order valence-corrected chi connectivity index (χ2v) is 13.8. The first-order valence-electron chi connectivity index (χ1n) is 18.8. The molecule has 0 aromatic carbocycles. The van der Waals surface area contributed by atoms with Crippen LogP contribution in [0.4, 0.5) is 0 Å². The molecule has 0 saturated carbocycles. The lowest BCUT2D eigenvalue weighted by atomic mass is 10.0. The zero-order valence-corrected chi connectivity index (χ0v) is 28.6. The highest BCUT2D eigenvalue weighted by atomic mass is 16.5. The molecule has 0 aromatic heterocycles. The smallest absolute Gasteiger partial charge is 0.0700 e. The van der Waals surface area contributed by atoms with Crippen molar-refractivity contribution in [3.63, 3.8) is 0 Å². The van der Waals surface area contributed by atoms with E-state index in [1.165, 1.54) is 180 Å². The van der Waals surface area contributed by atoms with Gasteiger partial charge in [0, 0.05) is 13.2 Å². The molecule has 2 heteroatoms. The number of ether oxygens (including phenoxy) is 2. The summed E-state index contributed by atoms with van der Waals surface area (Å²) in [5.74, 6) is 1.77. The largest absolute Gasteiger partial charge is 0.379 e. The minimum Gasteiger partial charge on any atom is -0.379 e. The van der Waals surface area contributed by atoms with Gasteiger partial charge in [-0.3, -0.25) is 0 Å². The number of unbranched alkanes of at least 4 members (excludes halogenated alkanes) is 24. The van der Waals surface area contributed by atoms with E-state index in [9.17, 15) is 0 Å². The van der Waals surface area contributed by atoms with Crippen LogP contribution in [0.2, 0.25) is 0 Å². The van der Waals surface area contributed by atoms with Crippen molar-refractivity contribution in [1.82, 2.24) is 0 Å². The van der Waals surface area contributed by atoms with Gasteiger partial charge in [0.05, 0.1) is 13.2 Å². The van der Waals surface area contributed by atoms with Crippen molar-refractivity contribution >= 4 is 0 Å². The third-order valence-corrected chi connectivity index (χ3v) is 8.51. The van der Waals surface area contributed by atoms with Gasteiger partial charge in [0.25, 0.3) is 0 Å². The van der Waals surface area contributed by atoms with E-state index in [0.717, 1.165) is 38.3 Å². The Hall–Kier alpha value is -0.0800. The predicted molar refractivity (Wildman–Crippen MR) is 181 cm³/mol. The fraction of sp³-hybridized carbons (Fsp3) is 1.00. The quantitative estimate of drug-likeness (QED) is 0.0710. The van der Waals surface area contributed by atoms with Crippen molar-refractivity contribution in [3.8, 4) is 0 Å². The van der Waals surface area contributed by atoms with Gasteiger partial charge in [0.15, 0.2) is 0 Å². The third kappa shape index (κ3) is 37.9. The average molecular weight is 567 g/mol. The maximum absolute atomic E-state index is 5.76. The minimum atomic E-state index is 0.773. The highest BCUT2D eigenvalue weighted by molar-refractivity contribution is 4.52. The van der Waals surface area contributed by atoms with Crippen LogP contribution < -0.4 is 0 Å². The van der Waals surface area contributed by atoms with Crippen molar-refractivity contribution in [2.45, 2.75) is 207 Å². The fourth-order valence-electron chi connectivity index (χ4n) is 5.72. The van der Waals surface area contributed by atoms with Crippen LogP contribution in [0.3, 0.4) is 0 Å². The molecule has 0 bridgehead atoms. The first-order valence-corrected chi connectivity index (χ1v) is 18.8. The lowest BCUT2D eigenvalue weighted by molar-refractivity contribution is 0.0448. The fourth-order valence-corrected chi connectivity index (χ4v) is 5.72. The minimum absolute atomic E-state index is 0.773. The summed E-state index contributed by atoms with van der Waals surface area (Å²) in [7, 11) is 0. The standard InChI is InChI=1S/C38H78O2/c1-37(2)31-27-23-19-15-11-7-5-9-13-17-21-25-29-33-39-35-36-40-34-30-26-22-18-14-10-6-8-12-16-20-24-28-32-38(3)4/h37-38H,5-36H2,1-4H3. The van der Waals surface area contributed by atoms with E-state index in [4.69, 9.17) is 9.47 Å². The van der Waals surface area contributed by atoms with Gasteiger partial charge < -0.3 is 9.47 Å². The zero-order valence-electron chi connectivity index (χ0n) is 28.6. The monoisotopic (exact) mass is 567 g/mol. The number of hydrogen-bond donors (Lipinski definition) is 0. The Bertz CT molecular complexity index is 393. The van der Waals surface area contributed by atoms with E-state index >= 15 is 0 Å². The molecule has 0 saturated heterocycles. The van der Waals surface area contributed by atoms with Gasteiger partial charge >= 0.3 is 0 Å². The molecular formula is C38H78O2. The Balaban J connectivity index is 3.03.